The number of hydrogen-bond acceptors (Lipinski definition) is 1. The van der Waals surface area contributed by atoms with Crippen LogP contribution in [0.2, 0.25) is 0 Å². The van der Waals surface area contributed by atoms with Crippen LogP contribution in [0.5, 0.6) is 0 Å². The highest BCUT2D eigenvalue weighted by Crippen LogP contribution is 2.03. The second-order valence-electron chi connectivity index (χ2n) is 2.62. The first kappa shape index (κ1) is 8.90. The topological polar surface area (TPSA) is 36.8 Å². The molecule has 0 saturated carbocycles. The number of azo groups is 1. The van der Waals surface area contributed by atoms with Gasteiger partial charge in [0, 0.05) is 5.69 Å². The molecule has 4 heteroatoms. The van der Waals surface area contributed by atoms with Gasteiger partial charge >= 0.3 is 0 Å². The van der Waals surface area contributed by atoms with Gasteiger partial charge in [0.15, 0.2) is 0 Å². The Balaban J connectivity index is 2.04. The minimum absolute atomic E-state index is 0.897. The maximum Gasteiger partial charge on any atom is 0.141 e. The number of anilines is 1. The Morgan fingerprint density at radius 2 is 2.07 bits per heavy atom. The zero-order valence-corrected chi connectivity index (χ0v) is 8.24. The predicted octanol–water partition coefficient (Wildman–Crippen LogP) is 2.70. The monoisotopic (exact) mass is 203 g/mol. The van der Waals surface area contributed by atoms with Crippen molar-refractivity contribution in [1.82, 2.24) is 0 Å². The van der Waals surface area contributed by atoms with Crippen LogP contribution in [-0.4, -0.2) is 10.5 Å². The van der Waals surface area contributed by atoms with Crippen LogP contribution in [-0.2, 0) is 0 Å². The molecule has 0 radical (unpaired) electrons. The van der Waals surface area contributed by atoms with Gasteiger partial charge in [-0.3, -0.25) is 0 Å². The van der Waals surface area contributed by atoms with Gasteiger partial charge in [0.05, 0.1) is 11.7 Å². The molecule has 0 aliphatic carbocycles. The van der Waals surface area contributed by atoms with Crippen LogP contribution >= 0.6 is 10.9 Å². The first-order valence-corrected chi connectivity index (χ1v) is 5.07. The smallest absolute Gasteiger partial charge is 0.141 e. The zero-order valence-electron chi connectivity index (χ0n) is 7.42. The number of nitrogens with one attached hydrogen (secondary N) is 1. The fourth-order valence-corrected chi connectivity index (χ4v) is 1.53. The predicted molar refractivity (Wildman–Crippen MR) is 62.7 cm³/mol. The summed E-state index contributed by atoms with van der Waals surface area (Å²) < 4.78 is 0. The highest BCUT2D eigenvalue weighted by Gasteiger charge is 1.90. The molecule has 0 spiro atoms. The molecule has 1 heterocycles. The first-order valence-electron chi connectivity index (χ1n) is 4.19. The number of nitrogens with zero attached hydrogens (tertiary/aromatic N) is 2. The molecule has 0 fully saturated rings. The molecule has 0 unspecified atom stereocenters. The minimum Gasteiger partial charge on any atom is -0.353 e. The largest absolute Gasteiger partial charge is 0.353 e. The molecule has 0 aromatic heterocycles. The summed E-state index contributed by atoms with van der Waals surface area (Å²) in [5.41, 5.74) is 2.96. The van der Waals surface area contributed by atoms with Crippen LogP contribution < -0.4 is 5.32 Å². The Hall–Kier alpha value is -1.68. The lowest BCUT2D eigenvalue weighted by atomic mass is 10.3. The summed E-state index contributed by atoms with van der Waals surface area (Å²) in [5, 5.41) is 10.8. The fraction of sp³-hybridized carbons (Fsp3) is 0. The van der Waals surface area contributed by atoms with E-state index in [-0.39, 0.29) is 0 Å². The molecular formula is C10H9N3S. The molecule has 0 saturated heterocycles. The molecule has 0 bridgehead atoms. The van der Waals surface area contributed by atoms with Crippen LogP contribution in [0.1, 0.15) is 0 Å². The van der Waals surface area contributed by atoms with E-state index in [1.165, 1.54) is 10.9 Å². The lowest BCUT2D eigenvalue weighted by molar-refractivity contribution is 1.34. The van der Waals surface area contributed by atoms with Crippen molar-refractivity contribution in [2.24, 2.45) is 10.2 Å². The van der Waals surface area contributed by atoms with Gasteiger partial charge in [0.25, 0.3) is 0 Å². The molecule has 70 valence electrons. The third kappa shape index (κ3) is 2.40. The standard InChI is InChI=1S/C10H9N3S/c1-2-4-9(5-3-1)11-8-14-10-6-7-12-13-10/h1-8,11H. The van der Waals surface area contributed by atoms with Crippen LogP contribution in [0.15, 0.2) is 52.8 Å². The molecule has 0 amide bonds. The molecule has 1 aliphatic heterocycles. The van der Waals surface area contributed by atoms with Crippen molar-refractivity contribution in [3.63, 3.8) is 0 Å². The van der Waals surface area contributed by atoms with Gasteiger partial charge in [-0.2, -0.15) is 5.11 Å². The second-order valence-corrected chi connectivity index (χ2v) is 3.51. The number of hydrogen-bond donors (Lipinski definition) is 1. The van der Waals surface area contributed by atoms with E-state index < -0.39 is 0 Å². The third-order valence-electron chi connectivity index (χ3n) is 1.62. The van der Waals surface area contributed by atoms with Gasteiger partial charge in [-0.05, 0) is 18.2 Å². The van der Waals surface area contributed by atoms with Crippen molar-refractivity contribution in [1.29, 1.82) is 0 Å². The number of benzene rings is 1. The van der Waals surface area contributed by atoms with Crippen molar-refractivity contribution in [2.75, 3.05) is 5.32 Å². The molecule has 3 nitrogen and oxygen atoms in total. The van der Waals surface area contributed by atoms with E-state index in [4.69, 9.17) is 0 Å². The number of para-hydroxylation sites is 1. The minimum atomic E-state index is 0.897. The molecule has 2 rings (SSSR count). The van der Waals surface area contributed by atoms with E-state index in [2.05, 4.69) is 15.5 Å². The van der Waals surface area contributed by atoms with Crippen LogP contribution in [0, 0.1) is 0 Å². The average Bonchev–Trinajstić information content (AvgIpc) is 2.72. The molecule has 0 atom stereocenters. The van der Waals surface area contributed by atoms with Gasteiger partial charge in [0.2, 0.25) is 0 Å². The fourth-order valence-electron chi connectivity index (χ4n) is 0.976. The van der Waals surface area contributed by atoms with Crippen LogP contribution in [0.25, 0.3) is 0 Å². The summed E-state index contributed by atoms with van der Waals surface area (Å²) in [4.78, 5) is 0.897. The van der Waals surface area contributed by atoms with Gasteiger partial charge in [-0.15, -0.1) is 16.1 Å². The lowest BCUT2D eigenvalue weighted by Crippen LogP contribution is -1.91. The van der Waals surface area contributed by atoms with Gasteiger partial charge in [0.1, 0.15) is 4.99 Å². The Labute approximate surface area is 85.7 Å². The zero-order chi connectivity index (χ0) is 9.64. The van der Waals surface area contributed by atoms with Crippen LogP contribution in [0.4, 0.5) is 5.69 Å². The van der Waals surface area contributed by atoms with Gasteiger partial charge in [-0.25, -0.2) is 0 Å². The van der Waals surface area contributed by atoms with E-state index in [1.54, 1.807) is 6.20 Å². The molecule has 1 aromatic carbocycles. The van der Waals surface area contributed by atoms with Crippen molar-refractivity contribution in [3.8, 4) is 0 Å². The first-order chi connectivity index (χ1) is 6.95. The maximum atomic E-state index is 3.89. The summed E-state index contributed by atoms with van der Waals surface area (Å²) in [6.07, 6.45) is 3.55. The third-order valence-corrected chi connectivity index (χ3v) is 2.31. The van der Waals surface area contributed by atoms with Crippen molar-refractivity contribution in [3.05, 3.63) is 42.6 Å². The highest BCUT2D eigenvalue weighted by molar-refractivity contribution is 7.97. The Morgan fingerprint density at radius 1 is 1.21 bits per heavy atom. The van der Waals surface area contributed by atoms with E-state index >= 15 is 0 Å². The van der Waals surface area contributed by atoms with E-state index in [0.717, 1.165) is 10.7 Å². The van der Waals surface area contributed by atoms with Crippen LogP contribution in [0.3, 0.4) is 0 Å². The Morgan fingerprint density at radius 3 is 2.79 bits per heavy atom. The van der Waals surface area contributed by atoms with Gasteiger partial charge in [-0.1, -0.05) is 18.2 Å². The normalized spacial score (nSPS) is 13.0. The highest BCUT2D eigenvalue weighted by atomic mass is 32.1. The molecule has 1 aliphatic rings. The Kier molecular flexibility index (Phi) is 2.88. The SMILES string of the molecule is C1=CC(=S=CNc2ccccc2)N=N1. The quantitative estimate of drug-likeness (QED) is 0.737. The van der Waals surface area contributed by atoms with Gasteiger partial charge < -0.3 is 5.32 Å². The van der Waals surface area contributed by atoms with E-state index in [9.17, 15) is 0 Å². The van der Waals surface area contributed by atoms with Crippen molar-refractivity contribution >= 4 is 27.1 Å². The van der Waals surface area contributed by atoms with E-state index in [0.29, 0.717) is 0 Å². The molecule has 14 heavy (non-hydrogen) atoms. The maximum absolute atomic E-state index is 3.89. The Bertz CT molecular complexity index is 414. The summed E-state index contributed by atoms with van der Waals surface area (Å²) >= 11 is 0. The summed E-state index contributed by atoms with van der Waals surface area (Å²) in [6, 6.07) is 9.98. The molecule has 1 N–H and O–H groups in total. The summed E-state index contributed by atoms with van der Waals surface area (Å²) in [7, 11) is 1.51. The molecule has 1 aromatic rings. The average molecular weight is 203 g/mol. The molecular weight excluding hydrogens is 194 g/mol. The summed E-state index contributed by atoms with van der Waals surface area (Å²) in [5.74, 6) is 0. The number of rotatable bonds is 2. The van der Waals surface area contributed by atoms with Crippen molar-refractivity contribution < 1.29 is 0 Å². The second kappa shape index (κ2) is 4.53. The van der Waals surface area contributed by atoms with Crippen molar-refractivity contribution in [2.45, 2.75) is 0 Å². The van der Waals surface area contributed by atoms with E-state index in [1.807, 2.05) is 41.9 Å². The summed E-state index contributed by atoms with van der Waals surface area (Å²) in [6.45, 7) is 0. The lowest BCUT2D eigenvalue weighted by Gasteiger charge is -1.95.